The number of para-hydroxylation sites is 1. The Balaban J connectivity index is 1.75. The lowest BCUT2D eigenvalue weighted by Gasteiger charge is -2.04. The highest BCUT2D eigenvalue weighted by Crippen LogP contribution is 2.19. The lowest BCUT2D eigenvalue weighted by Crippen LogP contribution is -1.96. The first-order valence-electron chi connectivity index (χ1n) is 6.51. The van der Waals surface area contributed by atoms with E-state index in [1.165, 1.54) is 6.20 Å². The molecule has 1 aromatic carbocycles. The molecule has 0 aliphatic rings. The van der Waals surface area contributed by atoms with Gasteiger partial charge in [0.2, 0.25) is 0 Å². The van der Waals surface area contributed by atoms with Crippen LogP contribution in [0.2, 0.25) is 0 Å². The van der Waals surface area contributed by atoms with Crippen LogP contribution >= 0.6 is 0 Å². The summed E-state index contributed by atoms with van der Waals surface area (Å²) in [5.74, 6) is 0.519. The first kappa shape index (κ1) is 13.3. The number of aromatic nitrogens is 4. The van der Waals surface area contributed by atoms with Crippen molar-refractivity contribution in [2.75, 3.05) is 0 Å². The molecule has 21 heavy (non-hydrogen) atoms. The van der Waals surface area contributed by atoms with Crippen molar-refractivity contribution < 1.29 is 9.84 Å². The Labute approximate surface area is 121 Å². The normalized spacial score (nSPS) is 12.1. The molecule has 0 radical (unpaired) electrons. The second kappa shape index (κ2) is 5.72. The van der Waals surface area contributed by atoms with E-state index in [2.05, 4.69) is 15.1 Å². The highest BCUT2D eigenvalue weighted by Gasteiger charge is 2.07. The van der Waals surface area contributed by atoms with Crippen LogP contribution in [0, 0.1) is 0 Å². The second-order valence-electron chi connectivity index (χ2n) is 4.50. The van der Waals surface area contributed by atoms with Crippen LogP contribution in [-0.2, 0) is 0 Å². The minimum atomic E-state index is -0.602. The maximum Gasteiger partial charge on any atom is 0.341 e. The summed E-state index contributed by atoms with van der Waals surface area (Å²) in [6.07, 6.45) is 2.52. The van der Waals surface area contributed by atoms with Gasteiger partial charge in [0.15, 0.2) is 0 Å². The van der Waals surface area contributed by atoms with E-state index in [9.17, 15) is 5.11 Å². The van der Waals surface area contributed by atoms with Gasteiger partial charge in [-0.25, -0.2) is 4.68 Å². The summed E-state index contributed by atoms with van der Waals surface area (Å²) >= 11 is 0. The van der Waals surface area contributed by atoms with Crippen molar-refractivity contribution >= 4 is 0 Å². The Hall–Kier alpha value is -2.73. The fraction of sp³-hybridized carbons (Fsp3) is 0.133. The standard InChI is InChI=1S/C15H14N4O2/c1-11(20)14-8-7-13(9-16-14)21-15-17-10-19(18-15)12-5-3-2-4-6-12/h2-11,20H,1H3/t11-/m0/s1. The van der Waals surface area contributed by atoms with Gasteiger partial charge in [-0.1, -0.05) is 18.2 Å². The first-order valence-corrected chi connectivity index (χ1v) is 6.51. The molecule has 106 valence electrons. The Bertz CT molecular complexity index is 708. The molecule has 0 bridgehead atoms. The zero-order valence-electron chi connectivity index (χ0n) is 11.4. The van der Waals surface area contributed by atoms with Gasteiger partial charge >= 0.3 is 6.01 Å². The van der Waals surface area contributed by atoms with Crippen LogP contribution in [0.3, 0.4) is 0 Å². The first-order chi connectivity index (χ1) is 10.2. The number of aliphatic hydroxyl groups excluding tert-OH is 1. The minimum Gasteiger partial charge on any atom is -0.422 e. The largest absolute Gasteiger partial charge is 0.422 e. The number of nitrogens with zero attached hydrogens (tertiary/aromatic N) is 4. The van der Waals surface area contributed by atoms with Crippen LogP contribution in [0.15, 0.2) is 55.0 Å². The summed E-state index contributed by atoms with van der Waals surface area (Å²) < 4.78 is 7.16. The molecule has 6 heteroatoms. The van der Waals surface area contributed by atoms with E-state index in [1.807, 2.05) is 30.3 Å². The van der Waals surface area contributed by atoms with Crippen LogP contribution in [0.1, 0.15) is 18.7 Å². The zero-order valence-corrected chi connectivity index (χ0v) is 11.4. The number of hydrogen-bond donors (Lipinski definition) is 1. The average molecular weight is 282 g/mol. The fourth-order valence-corrected chi connectivity index (χ4v) is 1.80. The molecule has 0 aliphatic carbocycles. The third kappa shape index (κ3) is 3.06. The van der Waals surface area contributed by atoms with Gasteiger partial charge in [0.1, 0.15) is 12.1 Å². The number of aliphatic hydroxyl groups is 1. The Kier molecular flexibility index (Phi) is 3.61. The van der Waals surface area contributed by atoms with E-state index in [1.54, 1.807) is 30.1 Å². The van der Waals surface area contributed by atoms with E-state index in [0.29, 0.717) is 11.4 Å². The van der Waals surface area contributed by atoms with Crippen molar-refractivity contribution in [3.8, 4) is 17.4 Å². The van der Waals surface area contributed by atoms with Crippen molar-refractivity contribution in [2.24, 2.45) is 0 Å². The van der Waals surface area contributed by atoms with Crippen LogP contribution < -0.4 is 4.74 Å². The highest BCUT2D eigenvalue weighted by atomic mass is 16.5. The summed E-state index contributed by atoms with van der Waals surface area (Å²) in [6, 6.07) is 13.3. The number of benzene rings is 1. The Morgan fingerprint density at radius 3 is 2.57 bits per heavy atom. The number of ether oxygens (including phenoxy) is 1. The smallest absolute Gasteiger partial charge is 0.341 e. The predicted octanol–water partition coefficient (Wildman–Crippen LogP) is 2.51. The van der Waals surface area contributed by atoms with Gasteiger partial charge in [-0.05, 0) is 31.2 Å². The Morgan fingerprint density at radius 1 is 1.10 bits per heavy atom. The number of hydrogen-bond acceptors (Lipinski definition) is 5. The quantitative estimate of drug-likeness (QED) is 0.796. The van der Waals surface area contributed by atoms with E-state index < -0.39 is 6.10 Å². The molecule has 0 aliphatic heterocycles. The Morgan fingerprint density at radius 2 is 1.90 bits per heavy atom. The van der Waals surface area contributed by atoms with Gasteiger partial charge in [0.05, 0.1) is 23.7 Å². The van der Waals surface area contributed by atoms with Crippen molar-refractivity contribution in [3.05, 3.63) is 60.7 Å². The van der Waals surface area contributed by atoms with E-state index >= 15 is 0 Å². The number of pyridine rings is 1. The topological polar surface area (TPSA) is 73.1 Å². The van der Waals surface area contributed by atoms with Gasteiger partial charge in [0.25, 0.3) is 0 Å². The van der Waals surface area contributed by atoms with Crippen molar-refractivity contribution in [1.29, 1.82) is 0 Å². The molecule has 0 saturated heterocycles. The molecular formula is C15H14N4O2. The third-order valence-electron chi connectivity index (χ3n) is 2.89. The highest BCUT2D eigenvalue weighted by molar-refractivity contribution is 5.30. The summed E-state index contributed by atoms with van der Waals surface area (Å²) in [7, 11) is 0. The lowest BCUT2D eigenvalue weighted by molar-refractivity contribution is 0.194. The fourth-order valence-electron chi connectivity index (χ4n) is 1.80. The molecular weight excluding hydrogens is 268 g/mol. The molecule has 3 rings (SSSR count). The molecule has 2 heterocycles. The molecule has 0 fully saturated rings. The SMILES string of the molecule is C[C@H](O)c1ccc(Oc2ncn(-c3ccccc3)n2)cn1. The van der Waals surface area contributed by atoms with Crippen LogP contribution in [0.4, 0.5) is 0 Å². The van der Waals surface area contributed by atoms with Gasteiger partial charge in [-0.15, -0.1) is 5.10 Å². The number of rotatable bonds is 4. The van der Waals surface area contributed by atoms with E-state index in [0.717, 1.165) is 5.69 Å². The van der Waals surface area contributed by atoms with Crippen LogP contribution in [-0.4, -0.2) is 24.9 Å². The minimum absolute atomic E-state index is 0.241. The van der Waals surface area contributed by atoms with Crippen LogP contribution in [0.25, 0.3) is 5.69 Å². The molecule has 1 atom stereocenters. The van der Waals surface area contributed by atoms with E-state index in [-0.39, 0.29) is 6.01 Å². The van der Waals surface area contributed by atoms with Crippen molar-refractivity contribution in [2.45, 2.75) is 13.0 Å². The zero-order chi connectivity index (χ0) is 14.7. The van der Waals surface area contributed by atoms with Gasteiger partial charge in [-0.2, -0.15) is 4.98 Å². The maximum absolute atomic E-state index is 9.40. The third-order valence-corrected chi connectivity index (χ3v) is 2.89. The summed E-state index contributed by atoms with van der Waals surface area (Å²) in [6.45, 7) is 1.66. The molecule has 6 nitrogen and oxygen atoms in total. The van der Waals surface area contributed by atoms with Gasteiger partial charge in [0, 0.05) is 0 Å². The maximum atomic E-state index is 9.40. The molecule has 2 aromatic heterocycles. The summed E-state index contributed by atoms with van der Waals surface area (Å²) in [5, 5.41) is 13.6. The van der Waals surface area contributed by atoms with E-state index in [4.69, 9.17) is 4.74 Å². The molecule has 0 unspecified atom stereocenters. The summed E-state index contributed by atoms with van der Waals surface area (Å²) in [4.78, 5) is 8.20. The second-order valence-corrected chi connectivity index (χ2v) is 4.50. The van der Waals surface area contributed by atoms with Gasteiger partial charge in [-0.3, -0.25) is 4.98 Å². The molecule has 0 amide bonds. The average Bonchev–Trinajstić information content (AvgIpc) is 2.97. The lowest BCUT2D eigenvalue weighted by atomic mass is 10.2. The molecule has 0 saturated carbocycles. The predicted molar refractivity (Wildman–Crippen MR) is 76.3 cm³/mol. The monoisotopic (exact) mass is 282 g/mol. The molecule has 3 aromatic rings. The van der Waals surface area contributed by atoms with Crippen molar-refractivity contribution in [3.63, 3.8) is 0 Å². The van der Waals surface area contributed by atoms with Crippen molar-refractivity contribution in [1.82, 2.24) is 19.7 Å². The van der Waals surface area contributed by atoms with Crippen LogP contribution in [0.5, 0.6) is 11.8 Å². The van der Waals surface area contributed by atoms with Gasteiger partial charge < -0.3 is 9.84 Å². The molecule has 1 N–H and O–H groups in total. The molecule has 0 spiro atoms. The summed E-state index contributed by atoms with van der Waals surface area (Å²) in [5.41, 5.74) is 1.49.